The molecule has 0 atom stereocenters. The molecule has 0 aliphatic carbocycles. The molecule has 0 unspecified atom stereocenters. The molecule has 0 aromatic heterocycles. The van der Waals surface area contributed by atoms with Crippen LogP contribution in [-0.2, 0) is 17.6 Å². The Labute approximate surface area is 171 Å². The van der Waals surface area contributed by atoms with Crippen LogP contribution in [0.1, 0.15) is 56.9 Å². The van der Waals surface area contributed by atoms with Gasteiger partial charge in [0, 0.05) is 14.1 Å². The number of carbonyl (C=O) groups is 1. The number of nitrogens with zero attached hydrogens (tertiary/aromatic N) is 1. The van der Waals surface area contributed by atoms with Gasteiger partial charge in [0.15, 0.2) is 0 Å². The number of hydrogen-bond acceptors (Lipinski definition) is 3. The lowest BCUT2D eigenvalue weighted by atomic mass is 10.0. The number of phenols is 1. The van der Waals surface area contributed by atoms with Crippen molar-refractivity contribution in [3.05, 3.63) is 52.6 Å². The summed E-state index contributed by atoms with van der Waals surface area (Å²) in [7, 11) is 3.53. The number of phenolic OH excluding ortho intramolecular Hbond substituents is 1. The minimum Gasteiger partial charge on any atom is -0.508 e. The van der Waals surface area contributed by atoms with Crippen molar-refractivity contribution in [1.82, 2.24) is 4.90 Å². The fraction of sp³-hybridized carbons (Fsp3) is 0.458. The predicted molar refractivity (Wildman–Crippen MR) is 119 cm³/mol. The van der Waals surface area contributed by atoms with E-state index < -0.39 is 0 Å². The van der Waals surface area contributed by atoms with Gasteiger partial charge in [-0.15, -0.1) is 0 Å². The van der Waals surface area contributed by atoms with Gasteiger partial charge in [-0.1, -0.05) is 46.8 Å². The number of aromatic hydroxyl groups is 1. The SMILES string of the molecule is CC.CC.CCc1cc(CC(=O)N(C)C)cc(C)c1Oc1ccc(O)c(C)c1. The van der Waals surface area contributed by atoms with E-state index >= 15 is 0 Å². The molecule has 0 fully saturated rings. The first-order valence-electron chi connectivity index (χ1n) is 10.1. The van der Waals surface area contributed by atoms with Gasteiger partial charge in [-0.2, -0.15) is 0 Å². The van der Waals surface area contributed by atoms with Gasteiger partial charge in [0.25, 0.3) is 0 Å². The van der Waals surface area contributed by atoms with E-state index in [0.29, 0.717) is 12.2 Å². The van der Waals surface area contributed by atoms with E-state index in [0.717, 1.165) is 34.4 Å². The molecule has 2 aromatic carbocycles. The lowest BCUT2D eigenvalue weighted by Crippen LogP contribution is -2.23. The molecule has 4 heteroatoms. The van der Waals surface area contributed by atoms with Crippen molar-refractivity contribution in [2.75, 3.05) is 14.1 Å². The van der Waals surface area contributed by atoms with E-state index in [-0.39, 0.29) is 11.7 Å². The molecule has 28 heavy (non-hydrogen) atoms. The molecule has 0 saturated carbocycles. The summed E-state index contributed by atoms with van der Waals surface area (Å²) in [4.78, 5) is 13.5. The summed E-state index contributed by atoms with van der Waals surface area (Å²) in [6.45, 7) is 13.9. The molecular weight excluding hydrogens is 350 g/mol. The number of amides is 1. The van der Waals surface area contributed by atoms with Crippen molar-refractivity contribution in [2.24, 2.45) is 0 Å². The van der Waals surface area contributed by atoms with Crippen LogP contribution in [0.15, 0.2) is 30.3 Å². The fourth-order valence-electron chi connectivity index (χ4n) is 2.58. The van der Waals surface area contributed by atoms with Crippen LogP contribution in [-0.4, -0.2) is 30.0 Å². The number of likely N-dealkylation sites (N-methyl/N-ethyl adjacent to an activating group) is 1. The van der Waals surface area contributed by atoms with E-state index in [4.69, 9.17) is 4.74 Å². The third kappa shape index (κ3) is 7.26. The molecule has 0 spiro atoms. The van der Waals surface area contributed by atoms with Gasteiger partial charge in [-0.25, -0.2) is 0 Å². The Hall–Kier alpha value is -2.49. The molecule has 0 radical (unpaired) electrons. The summed E-state index contributed by atoms with van der Waals surface area (Å²) in [6.07, 6.45) is 1.21. The van der Waals surface area contributed by atoms with Crippen molar-refractivity contribution in [3.63, 3.8) is 0 Å². The molecule has 4 nitrogen and oxygen atoms in total. The molecule has 2 rings (SSSR count). The lowest BCUT2D eigenvalue weighted by Gasteiger charge is -2.17. The zero-order valence-electron chi connectivity index (χ0n) is 19.0. The zero-order chi connectivity index (χ0) is 21.9. The average Bonchev–Trinajstić information content (AvgIpc) is 2.69. The van der Waals surface area contributed by atoms with Crippen molar-refractivity contribution in [1.29, 1.82) is 0 Å². The molecule has 156 valence electrons. The molecule has 1 N–H and O–H groups in total. The third-order valence-corrected chi connectivity index (χ3v) is 4.03. The van der Waals surface area contributed by atoms with Crippen molar-refractivity contribution in [2.45, 2.75) is 61.3 Å². The van der Waals surface area contributed by atoms with Crippen LogP contribution < -0.4 is 4.74 Å². The maximum atomic E-state index is 11.9. The Morgan fingerprint density at radius 3 is 2.11 bits per heavy atom. The highest BCUT2D eigenvalue weighted by atomic mass is 16.5. The van der Waals surface area contributed by atoms with Crippen molar-refractivity contribution >= 4 is 5.91 Å². The number of benzene rings is 2. The van der Waals surface area contributed by atoms with Crippen LogP contribution in [0.3, 0.4) is 0 Å². The third-order valence-electron chi connectivity index (χ3n) is 4.03. The van der Waals surface area contributed by atoms with Gasteiger partial charge in [-0.05, 0) is 60.7 Å². The molecule has 0 aliphatic rings. The summed E-state index contributed by atoms with van der Waals surface area (Å²) in [5, 5.41) is 9.64. The van der Waals surface area contributed by atoms with Crippen LogP contribution in [0.4, 0.5) is 0 Å². The van der Waals surface area contributed by atoms with Crippen molar-refractivity contribution < 1.29 is 14.6 Å². The summed E-state index contributed by atoms with van der Waals surface area (Å²) in [5.41, 5.74) is 3.85. The highest BCUT2D eigenvalue weighted by molar-refractivity contribution is 5.78. The van der Waals surface area contributed by atoms with Gasteiger partial charge < -0.3 is 14.7 Å². The van der Waals surface area contributed by atoms with E-state index in [9.17, 15) is 9.90 Å². The Bertz CT molecular complexity index is 752. The monoisotopic (exact) mass is 387 g/mol. The number of carbonyl (C=O) groups excluding carboxylic acids is 1. The van der Waals surface area contributed by atoms with Crippen LogP contribution in [0.5, 0.6) is 17.2 Å². The second-order valence-electron chi connectivity index (χ2n) is 6.27. The Kier molecular flexibility index (Phi) is 11.7. The minimum absolute atomic E-state index is 0.0827. The summed E-state index contributed by atoms with van der Waals surface area (Å²) < 4.78 is 6.07. The molecular formula is C24H37NO3. The zero-order valence-corrected chi connectivity index (χ0v) is 19.0. The molecule has 0 heterocycles. The predicted octanol–water partition coefficient (Wildman–Crippen LogP) is 6.05. The minimum atomic E-state index is 0.0827. The van der Waals surface area contributed by atoms with E-state index in [2.05, 4.69) is 6.92 Å². The number of hydrogen-bond donors (Lipinski definition) is 1. The van der Waals surface area contributed by atoms with E-state index in [1.165, 1.54) is 0 Å². The summed E-state index contributed by atoms with van der Waals surface area (Å²) in [5.74, 6) is 1.86. The highest BCUT2D eigenvalue weighted by Gasteiger charge is 2.13. The number of ether oxygens (including phenoxy) is 1. The number of rotatable bonds is 5. The first-order chi connectivity index (χ1) is 13.3. The first-order valence-corrected chi connectivity index (χ1v) is 10.1. The molecule has 2 aromatic rings. The van der Waals surface area contributed by atoms with Gasteiger partial charge in [0.05, 0.1) is 6.42 Å². The normalized spacial score (nSPS) is 9.46. The summed E-state index contributed by atoms with van der Waals surface area (Å²) >= 11 is 0. The largest absolute Gasteiger partial charge is 0.508 e. The fourth-order valence-corrected chi connectivity index (χ4v) is 2.58. The lowest BCUT2D eigenvalue weighted by molar-refractivity contribution is -0.127. The van der Waals surface area contributed by atoms with Crippen LogP contribution in [0.25, 0.3) is 0 Å². The highest BCUT2D eigenvalue weighted by Crippen LogP contribution is 2.32. The topological polar surface area (TPSA) is 49.8 Å². The Morgan fingerprint density at radius 1 is 1.00 bits per heavy atom. The van der Waals surface area contributed by atoms with E-state index in [1.54, 1.807) is 31.1 Å². The standard InChI is InChI=1S/C20H25NO3.2C2H6/c1-6-16-11-15(12-19(23)21(4)5)9-14(3)20(16)24-17-7-8-18(22)13(2)10-17;2*1-2/h7-11,22H,6,12H2,1-5H3;2*1-2H3. The van der Waals surface area contributed by atoms with Crippen LogP contribution >= 0.6 is 0 Å². The Morgan fingerprint density at radius 2 is 1.61 bits per heavy atom. The smallest absolute Gasteiger partial charge is 0.226 e. The van der Waals surface area contributed by atoms with Gasteiger partial charge in [0.1, 0.15) is 17.2 Å². The van der Waals surface area contributed by atoms with Gasteiger partial charge in [-0.3, -0.25) is 4.79 Å². The Balaban J connectivity index is 0.00000171. The first kappa shape index (κ1) is 25.5. The van der Waals surface area contributed by atoms with Crippen LogP contribution in [0, 0.1) is 13.8 Å². The van der Waals surface area contributed by atoms with Gasteiger partial charge in [0.2, 0.25) is 5.91 Å². The molecule has 0 bridgehead atoms. The average molecular weight is 388 g/mol. The van der Waals surface area contributed by atoms with Gasteiger partial charge >= 0.3 is 0 Å². The molecule has 0 aliphatic heterocycles. The number of aryl methyl sites for hydroxylation is 3. The molecule has 0 saturated heterocycles. The van der Waals surface area contributed by atoms with Crippen LogP contribution in [0.2, 0.25) is 0 Å². The maximum Gasteiger partial charge on any atom is 0.226 e. The second-order valence-corrected chi connectivity index (χ2v) is 6.27. The second kappa shape index (κ2) is 12.8. The van der Waals surface area contributed by atoms with Crippen molar-refractivity contribution in [3.8, 4) is 17.2 Å². The maximum absolute atomic E-state index is 11.9. The molecule has 1 amide bonds. The van der Waals surface area contributed by atoms with E-state index in [1.807, 2.05) is 59.7 Å². The quantitative estimate of drug-likeness (QED) is 0.680. The summed E-state index contributed by atoms with van der Waals surface area (Å²) in [6, 6.07) is 9.25.